The summed E-state index contributed by atoms with van der Waals surface area (Å²) in [4.78, 5) is 17.3. The van der Waals surface area contributed by atoms with Crippen LogP contribution in [0.4, 0.5) is 17.2 Å². The van der Waals surface area contributed by atoms with Crippen molar-refractivity contribution in [3.63, 3.8) is 0 Å². The van der Waals surface area contributed by atoms with Gasteiger partial charge in [0.25, 0.3) is 0 Å². The number of aryl methyl sites for hydroxylation is 1. The van der Waals surface area contributed by atoms with E-state index >= 15 is 0 Å². The van der Waals surface area contributed by atoms with Crippen LogP contribution in [0.15, 0.2) is 36.5 Å². The molecule has 0 saturated heterocycles. The molecule has 0 unspecified atom stereocenters. The van der Waals surface area contributed by atoms with Crippen LogP contribution in [-0.2, 0) is 6.54 Å². The highest BCUT2D eigenvalue weighted by Crippen LogP contribution is 2.35. The summed E-state index contributed by atoms with van der Waals surface area (Å²) in [6.45, 7) is 3.90. The van der Waals surface area contributed by atoms with Crippen LogP contribution in [0.1, 0.15) is 11.1 Å². The lowest BCUT2D eigenvalue weighted by molar-refractivity contribution is -0.384. The Morgan fingerprint density at radius 3 is 2.95 bits per heavy atom. The van der Waals surface area contributed by atoms with Crippen molar-refractivity contribution in [3.05, 3.63) is 57.8 Å². The van der Waals surface area contributed by atoms with Crippen molar-refractivity contribution in [2.45, 2.75) is 13.5 Å². The van der Waals surface area contributed by atoms with E-state index in [0.29, 0.717) is 17.9 Å². The first-order chi connectivity index (χ1) is 10.2. The summed E-state index contributed by atoms with van der Waals surface area (Å²) in [5.41, 5.74) is 2.80. The molecule has 2 heterocycles. The van der Waals surface area contributed by atoms with Gasteiger partial charge in [0, 0.05) is 37.1 Å². The zero-order chi connectivity index (χ0) is 14.8. The van der Waals surface area contributed by atoms with E-state index < -0.39 is 0 Å². The number of pyridine rings is 1. The molecule has 1 aliphatic heterocycles. The summed E-state index contributed by atoms with van der Waals surface area (Å²) in [5, 5.41) is 14.7. The number of aromatic nitrogens is 1. The Morgan fingerprint density at radius 1 is 1.33 bits per heavy atom. The van der Waals surface area contributed by atoms with Gasteiger partial charge in [-0.05, 0) is 24.6 Å². The van der Waals surface area contributed by atoms with E-state index in [9.17, 15) is 10.1 Å². The third kappa shape index (κ3) is 2.45. The van der Waals surface area contributed by atoms with Crippen LogP contribution in [0.3, 0.4) is 0 Å². The van der Waals surface area contributed by atoms with Crippen LogP contribution in [-0.4, -0.2) is 23.0 Å². The Morgan fingerprint density at radius 2 is 2.14 bits per heavy atom. The number of fused-ring (bicyclic) bond motifs is 1. The molecule has 21 heavy (non-hydrogen) atoms. The van der Waals surface area contributed by atoms with Gasteiger partial charge in [-0.25, -0.2) is 4.98 Å². The third-order valence-electron chi connectivity index (χ3n) is 3.65. The highest BCUT2D eigenvalue weighted by molar-refractivity contribution is 5.72. The topological polar surface area (TPSA) is 71.3 Å². The van der Waals surface area contributed by atoms with Gasteiger partial charge in [-0.1, -0.05) is 18.2 Å². The Hall–Kier alpha value is -2.47. The second kappa shape index (κ2) is 5.49. The Labute approximate surface area is 122 Å². The third-order valence-corrected chi connectivity index (χ3v) is 3.65. The van der Waals surface area contributed by atoms with E-state index in [2.05, 4.69) is 10.3 Å². The first-order valence-electron chi connectivity index (χ1n) is 6.84. The van der Waals surface area contributed by atoms with Crippen molar-refractivity contribution >= 4 is 17.2 Å². The minimum absolute atomic E-state index is 0.0780. The second-order valence-corrected chi connectivity index (χ2v) is 5.01. The maximum atomic E-state index is 11.4. The highest BCUT2D eigenvalue weighted by atomic mass is 16.6. The van der Waals surface area contributed by atoms with Gasteiger partial charge < -0.3 is 10.2 Å². The minimum atomic E-state index is -0.349. The average molecular weight is 284 g/mol. The monoisotopic (exact) mass is 284 g/mol. The number of anilines is 2. The van der Waals surface area contributed by atoms with Crippen molar-refractivity contribution in [2.75, 3.05) is 18.0 Å². The van der Waals surface area contributed by atoms with Gasteiger partial charge in [0.2, 0.25) is 5.82 Å². The van der Waals surface area contributed by atoms with Crippen molar-refractivity contribution in [3.8, 4) is 0 Å². The van der Waals surface area contributed by atoms with E-state index in [0.717, 1.165) is 24.3 Å². The van der Waals surface area contributed by atoms with Crippen LogP contribution >= 0.6 is 0 Å². The van der Waals surface area contributed by atoms with Gasteiger partial charge in [-0.3, -0.25) is 10.1 Å². The van der Waals surface area contributed by atoms with Crippen LogP contribution in [0.2, 0.25) is 0 Å². The lowest BCUT2D eigenvalue weighted by Gasteiger charge is -2.23. The number of nitro groups is 1. The van der Waals surface area contributed by atoms with Crippen molar-refractivity contribution < 1.29 is 4.92 Å². The summed E-state index contributed by atoms with van der Waals surface area (Å²) in [7, 11) is 0. The summed E-state index contributed by atoms with van der Waals surface area (Å²) >= 11 is 0. The molecule has 1 N–H and O–H groups in total. The first-order valence-corrected chi connectivity index (χ1v) is 6.84. The number of hydrogen-bond acceptors (Lipinski definition) is 5. The maximum absolute atomic E-state index is 11.4. The lowest BCUT2D eigenvalue weighted by atomic mass is 10.1. The largest absolute Gasteiger partial charge is 0.319 e. The highest BCUT2D eigenvalue weighted by Gasteiger charge is 2.26. The molecule has 0 bridgehead atoms. The molecule has 0 spiro atoms. The smallest absolute Gasteiger partial charge is 0.314 e. The van der Waals surface area contributed by atoms with E-state index in [1.807, 2.05) is 29.2 Å². The molecule has 0 radical (unpaired) electrons. The zero-order valence-electron chi connectivity index (χ0n) is 11.7. The molecular weight excluding hydrogens is 268 g/mol. The van der Waals surface area contributed by atoms with E-state index in [1.54, 1.807) is 19.2 Å². The summed E-state index contributed by atoms with van der Waals surface area (Å²) in [6, 6.07) is 9.60. The lowest BCUT2D eigenvalue weighted by Crippen LogP contribution is -2.26. The molecule has 1 aliphatic rings. The van der Waals surface area contributed by atoms with E-state index in [4.69, 9.17) is 0 Å². The average Bonchev–Trinajstić information content (AvgIpc) is 2.68. The van der Waals surface area contributed by atoms with Crippen LogP contribution in [0.25, 0.3) is 0 Å². The first kappa shape index (κ1) is 13.5. The van der Waals surface area contributed by atoms with Gasteiger partial charge in [0.05, 0.1) is 4.92 Å². The predicted octanol–water partition coefficient (Wildman–Crippen LogP) is 2.54. The van der Waals surface area contributed by atoms with Crippen molar-refractivity contribution in [1.82, 2.24) is 10.3 Å². The summed E-state index contributed by atoms with van der Waals surface area (Å²) < 4.78 is 0. The van der Waals surface area contributed by atoms with Gasteiger partial charge in [0.15, 0.2) is 0 Å². The van der Waals surface area contributed by atoms with Crippen LogP contribution in [0, 0.1) is 17.0 Å². The van der Waals surface area contributed by atoms with Gasteiger partial charge in [0.1, 0.15) is 0 Å². The Balaban J connectivity index is 2.17. The van der Waals surface area contributed by atoms with Crippen molar-refractivity contribution in [2.24, 2.45) is 0 Å². The molecule has 0 saturated carbocycles. The molecule has 0 fully saturated rings. The SMILES string of the molecule is Cc1ccnc(N2CCNCc3ccccc32)c1[N+](=O)[O-]. The van der Waals surface area contributed by atoms with E-state index in [1.165, 1.54) is 0 Å². The zero-order valence-corrected chi connectivity index (χ0v) is 11.7. The number of nitrogens with zero attached hydrogens (tertiary/aromatic N) is 3. The maximum Gasteiger partial charge on any atom is 0.314 e. The van der Waals surface area contributed by atoms with E-state index in [-0.39, 0.29) is 10.6 Å². The molecule has 3 rings (SSSR count). The number of nitrogens with one attached hydrogen (secondary N) is 1. The normalized spacial score (nSPS) is 14.4. The van der Waals surface area contributed by atoms with Gasteiger partial charge >= 0.3 is 5.69 Å². The van der Waals surface area contributed by atoms with Crippen LogP contribution in [0.5, 0.6) is 0 Å². The molecule has 108 valence electrons. The molecule has 1 aromatic carbocycles. The molecule has 1 aromatic heterocycles. The molecule has 0 aliphatic carbocycles. The van der Waals surface area contributed by atoms with Gasteiger partial charge in [-0.15, -0.1) is 0 Å². The molecule has 6 nitrogen and oxygen atoms in total. The summed E-state index contributed by atoms with van der Waals surface area (Å²) in [6.07, 6.45) is 1.62. The molecule has 6 heteroatoms. The molecule has 0 atom stereocenters. The second-order valence-electron chi connectivity index (χ2n) is 5.01. The molecular formula is C15H16N4O2. The summed E-state index contributed by atoms with van der Waals surface area (Å²) in [5.74, 6) is 0.413. The Bertz CT molecular complexity index is 687. The quantitative estimate of drug-likeness (QED) is 0.678. The fourth-order valence-electron chi connectivity index (χ4n) is 2.64. The van der Waals surface area contributed by atoms with Crippen molar-refractivity contribution in [1.29, 1.82) is 0 Å². The molecule has 0 amide bonds. The number of benzene rings is 1. The number of hydrogen-bond donors (Lipinski definition) is 1. The molecule has 2 aromatic rings. The van der Waals surface area contributed by atoms with Crippen LogP contribution < -0.4 is 10.2 Å². The standard InChI is InChI=1S/C15H16N4O2/c1-11-6-7-17-15(14(11)19(20)21)18-9-8-16-10-12-4-2-3-5-13(12)18/h2-7,16H,8-10H2,1H3. The number of rotatable bonds is 2. The van der Waals surface area contributed by atoms with Gasteiger partial charge in [-0.2, -0.15) is 0 Å². The fraction of sp³-hybridized carbons (Fsp3) is 0.267. The Kier molecular flexibility index (Phi) is 3.53. The minimum Gasteiger partial charge on any atom is -0.319 e. The fourth-order valence-corrected chi connectivity index (χ4v) is 2.64. The predicted molar refractivity (Wildman–Crippen MR) is 80.8 cm³/mol. The number of para-hydroxylation sites is 1.